The lowest BCUT2D eigenvalue weighted by atomic mass is 9.99. The SMILES string of the molecule is COCCNC(=O)C(C)NC(C)c1ccc(C(C)C)cc1. The van der Waals surface area contributed by atoms with Crippen molar-refractivity contribution in [3.05, 3.63) is 35.4 Å². The van der Waals surface area contributed by atoms with E-state index in [2.05, 4.69) is 55.7 Å². The summed E-state index contributed by atoms with van der Waals surface area (Å²) in [4.78, 5) is 11.9. The van der Waals surface area contributed by atoms with Gasteiger partial charge < -0.3 is 10.1 Å². The third kappa shape index (κ3) is 5.86. The van der Waals surface area contributed by atoms with Gasteiger partial charge in [-0.05, 0) is 30.9 Å². The van der Waals surface area contributed by atoms with Gasteiger partial charge in [0.15, 0.2) is 0 Å². The molecule has 4 heteroatoms. The highest BCUT2D eigenvalue weighted by molar-refractivity contribution is 5.81. The highest BCUT2D eigenvalue weighted by Crippen LogP contribution is 2.18. The fourth-order valence-electron chi connectivity index (χ4n) is 2.15. The molecule has 2 unspecified atom stereocenters. The van der Waals surface area contributed by atoms with Crippen LogP contribution in [-0.2, 0) is 9.53 Å². The summed E-state index contributed by atoms with van der Waals surface area (Å²) in [6.07, 6.45) is 0. The lowest BCUT2D eigenvalue weighted by molar-refractivity contribution is -0.123. The quantitative estimate of drug-likeness (QED) is 0.724. The van der Waals surface area contributed by atoms with E-state index >= 15 is 0 Å². The number of rotatable bonds is 8. The van der Waals surface area contributed by atoms with Crippen molar-refractivity contribution < 1.29 is 9.53 Å². The number of amides is 1. The summed E-state index contributed by atoms with van der Waals surface area (Å²) in [6, 6.07) is 8.46. The Morgan fingerprint density at radius 1 is 1.10 bits per heavy atom. The number of carbonyl (C=O) groups is 1. The molecular weight excluding hydrogens is 264 g/mol. The fourth-order valence-corrected chi connectivity index (χ4v) is 2.15. The van der Waals surface area contributed by atoms with Gasteiger partial charge in [0.05, 0.1) is 12.6 Å². The van der Waals surface area contributed by atoms with Gasteiger partial charge in [0.25, 0.3) is 0 Å². The lowest BCUT2D eigenvalue weighted by Gasteiger charge is -2.20. The molecule has 21 heavy (non-hydrogen) atoms. The van der Waals surface area contributed by atoms with Crippen LogP contribution in [0.15, 0.2) is 24.3 Å². The molecule has 0 fully saturated rings. The molecule has 0 aliphatic rings. The average molecular weight is 292 g/mol. The topological polar surface area (TPSA) is 50.4 Å². The van der Waals surface area contributed by atoms with Gasteiger partial charge in [-0.25, -0.2) is 0 Å². The van der Waals surface area contributed by atoms with Gasteiger partial charge in [0, 0.05) is 19.7 Å². The molecule has 0 aliphatic carbocycles. The van der Waals surface area contributed by atoms with E-state index in [1.165, 1.54) is 11.1 Å². The van der Waals surface area contributed by atoms with Crippen LogP contribution < -0.4 is 10.6 Å². The Kier molecular flexibility index (Phi) is 7.40. The fraction of sp³-hybridized carbons (Fsp3) is 0.588. The normalized spacial score (nSPS) is 14.0. The van der Waals surface area contributed by atoms with Crippen molar-refractivity contribution in [3.63, 3.8) is 0 Å². The molecule has 1 rings (SSSR count). The maximum Gasteiger partial charge on any atom is 0.236 e. The molecule has 0 saturated heterocycles. The van der Waals surface area contributed by atoms with Crippen molar-refractivity contribution in [3.8, 4) is 0 Å². The van der Waals surface area contributed by atoms with Gasteiger partial charge in [-0.3, -0.25) is 10.1 Å². The molecule has 1 aromatic carbocycles. The van der Waals surface area contributed by atoms with E-state index in [0.29, 0.717) is 19.1 Å². The Morgan fingerprint density at radius 2 is 1.67 bits per heavy atom. The van der Waals surface area contributed by atoms with Crippen LogP contribution in [0.5, 0.6) is 0 Å². The first-order valence-corrected chi connectivity index (χ1v) is 7.58. The molecule has 118 valence electrons. The highest BCUT2D eigenvalue weighted by atomic mass is 16.5. The summed E-state index contributed by atoms with van der Waals surface area (Å²) < 4.78 is 4.92. The van der Waals surface area contributed by atoms with Gasteiger partial charge in [-0.15, -0.1) is 0 Å². The van der Waals surface area contributed by atoms with Crippen LogP contribution in [0.3, 0.4) is 0 Å². The Hall–Kier alpha value is -1.39. The first-order valence-electron chi connectivity index (χ1n) is 7.58. The number of ether oxygens (including phenoxy) is 1. The van der Waals surface area contributed by atoms with Crippen molar-refractivity contribution in [1.29, 1.82) is 0 Å². The summed E-state index contributed by atoms with van der Waals surface area (Å²) in [5.74, 6) is 0.533. The zero-order chi connectivity index (χ0) is 15.8. The van der Waals surface area contributed by atoms with E-state index in [1.807, 2.05) is 6.92 Å². The summed E-state index contributed by atoms with van der Waals surface area (Å²) in [6.45, 7) is 9.39. The zero-order valence-corrected chi connectivity index (χ0v) is 13.8. The third-order valence-electron chi connectivity index (χ3n) is 3.60. The average Bonchev–Trinajstić information content (AvgIpc) is 2.47. The Bertz CT molecular complexity index is 429. The molecule has 0 aliphatic heterocycles. The van der Waals surface area contributed by atoms with Crippen LogP contribution in [0.4, 0.5) is 0 Å². The van der Waals surface area contributed by atoms with Crippen molar-refractivity contribution in [2.24, 2.45) is 0 Å². The molecule has 1 aromatic rings. The molecule has 1 amide bonds. The monoisotopic (exact) mass is 292 g/mol. The second-order valence-electron chi connectivity index (χ2n) is 5.72. The number of carbonyl (C=O) groups excluding carboxylic acids is 1. The molecule has 2 N–H and O–H groups in total. The van der Waals surface area contributed by atoms with Crippen LogP contribution in [-0.4, -0.2) is 32.2 Å². The molecule has 2 atom stereocenters. The zero-order valence-electron chi connectivity index (χ0n) is 13.8. The summed E-state index contributed by atoms with van der Waals surface area (Å²) in [5.41, 5.74) is 2.52. The summed E-state index contributed by atoms with van der Waals surface area (Å²) >= 11 is 0. The molecule has 0 saturated carbocycles. The van der Waals surface area contributed by atoms with E-state index in [4.69, 9.17) is 4.74 Å². The van der Waals surface area contributed by atoms with Gasteiger partial charge in [-0.2, -0.15) is 0 Å². The predicted molar refractivity (Wildman–Crippen MR) is 86.4 cm³/mol. The number of nitrogens with one attached hydrogen (secondary N) is 2. The lowest BCUT2D eigenvalue weighted by Crippen LogP contribution is -2.44. The van der Waals surface area contributed by atoms with Crippen LogP contribution in [0.1, 0.15) is 50.8 Å². The molecule has 4 nitrogen and oxygen atoms in total. The summed E-state index contributed by atoms with van der Waals surface area (Å²) in [5, 5.41) is 6.16. The molecule has 0 radical (unpaired) electrons. The smallest absolute Gasteiger partial charge is 0.236 e. The molecule has 0 aromatic heterocycles. The maximum atomic E-state index is 11.9. The van der Waals surface area contributed by atoms with Crippen molar-refractivity contribution in [2.75, 3.05) is 20.3 Å². The van der Waals surface area contributed by atoms with Crippen LogP contribution in [0, 0.1) is 0 Å². The highest BCUT2D eigenvalue weighted by Gasteiger charge is 2.15. The van der Waals surface area contributed by atoms with Crippen LogP contribution in [0.2, 0.25) is 0 Å². The van der Waals surface area contributed by atoms with Gasteiger partial charge >= 0.3 is 0 Å². The van der Waals surface area contributed by atoms with Gasteiger partial charge in [-0.1, -0.05) is 38.1 Å². The van der Waals surface area contributed by atoms with E-state index < -0.39 is 0 Å². The Morgan fingerprint density at radius 3 is 2.19 bits per heavy atom. The van der Waals surface area contributed by atoms with Crippen LogP contribution >= 0.6 is 0 Å². The van der Waals surface area contributed by atoms with Crippen molar-refractivity contribution in [1.82, 2.24) is 10.6 Å². The first kappa shape index (κ1) is 17.7. The van der Waals surface area contributed by atoms with E-state index in [1.54, 1.807) is 7.11 Å². The number of methoxy groups -OCH3 is 1. The van der Waals surface area contributed by atoms with Crippen molar-refractivity contribution >= 4 is 5.91 Å². The molecule has 0 spiro atoms. The molecular formula is C17H28N2O2. The minimum absolute atomic E-state index is 0.00213. The van der Waals surface area contributed by atoms with Crippen LogP contribution in [0.25, 0.3) is 0 Å². The largest absolute Gasteiger partial charge is 0.383 e. The number of benzene rings is 1. The predicted octanol–water partition coefficient (Wildman–Crippen LogP) is 2.61. The standard InChI is InChI=1S/C17H28N2O2/c1-12(2)15-6-8-16(9-7-15)13(3)19-14(4)17(20)18-10-11-21-5/h6-9,12-14,19H,10-11H2,1-5H3,(H,18,20). The molecule has 0 heterocycles. The van der Waals surface area contributed by atoms with Crippen molar-refractivity contribution in [2.45, 2.75) is 45.7 Å². The second kappa shape index (κ2) is 8.80. The molecule has 0 bridgehead atoms. The van der Waals surface area contributed by atoms with Gasteiger partial charge in [0.2, 0.25) is 5.91 Å². The van der Waals surface area contributed by atoms with Gasteiger partial charge in [0.1, 0.15) is 0 Å². The summed E-state index contributed by atoms with van der Waals surface area (Å²) in [7, 11) is 1.62. The first-order chi connectivity index (χ1) is 9.95. The Balaban J connectivity index is 2.51. The third-order valence-corrected chi connectivity index (χ3v) is 3.60. The minimum Gasteiger partial charge on any atom is -0.383 e. The Labute approximate surface area is 128 Å². The minimum atomic E-state index is -0.235. The maximum absolute atomic E-state index is 11.9. The number of hydrogen-bond donors (Lipinski definition) is 2. The second-order valence-corrected chi connectivity index (χ2v) is 5.72. The van der Waals surface area contributed by atoms with E-state index in [0.717, 1.165) is 0 Å². The van der Waals surface area contributed by atoms with E-state index in [9.17, 15) is 4.79 Å². The van der Waals surface area contributed by atoms with E-state index in [-0.39, 0.29) is 18.0 Å². The number of hydrogen-bond acceptors (Lipinski definition) is 3.